The number of aromatic hydroxyl groups is 1. The minimum Gasteiger partial charge on any atom is -0.507 e. The molecule has 0 radical (unpaired) electrons. The Morgan fingerprint density at radius 3 is 2.52 bits per heavy atom. The average molecular weight is 554 g/mol. The van der Waals surface area contributed by atoms with Crippen molar-refractivity contribution in [1.82, 2.24) is 19.9 Å². The number of likely N-dealkylation sites (N-methyl/N-ethyl adjacent to an activating group) is 1. The number of amides is 1. The van der Waals surface area contributed by atoms with E-state index in [0.29, 0.717) is 0 Å². The number of fused-ring (bicyclic) bond motifs is 3. The van der Waals surface area contributed by atoms with Crippen LogP contribution in [0.4, 0.5) is 0 Å². The molecule has 0 spiro atoms. The van der Waals surface area contributed by atoms with Gasteiger partial charge in [0, 0.05) is 5.92 Å². The number of aliphatic hydroxyl groups is 1. The fourth-order valence-electron chi connectivity index (χ4n) is 6.54. The van der Waals surface area contributed by atoms with Crippen LogP contribution in [0.3, 0.4) is 0 Å². The monoisotopic (exact) mass is 553 g/mol. The highest BCUT2D eigenvalue weighted by Crippen LogP contribution is 2.51. The number of rotatable bonds is 5. The molecule has 0 aliphatic heterocycles. The summed E-state index contributed by atoms with van der Waals surface area (Å²) >= 11 is 0. The van der Waals surface area contributed by atoms with E-state index >= 15 is 0 Å². The number of phenols is 1. The molecule has 1 aromatic carbocycles. The van der Waals surface area contributed by atoms with Gasteiger partial charge in [0.05, 0.1) is 36.0 Å². The van der Waals surface area contributed by atoms with Gasteiger partial charge in [-0.3, -0.25) is 28.9 Å². The van der Waals surface area contributed by atoms with E-state index in [1.54, 1.807) is 6.92 Å². The number of hydrogen-bond donors (Lipinski definition) is 3. The number of benzene rings is 1. The summed E-state index contributed by atoms with van der Waals surface area (Å²) in [4.78, 5) is 80.2. The molecule has 2 aromatic rings. The van der Waals surface area contributed by atoms with Gasteiger partial charge in [-0.1, -0.05) is 5.21 Å². The van der Waals surface area contributed by atoms with Gasteiger partial charge < -0.3 is 20.7 Å². The van der Waals surface area contributed by atoms with Gasteiger partial charge in [-0.25, -0.2) is 9.48 Å². The highest BCUT2D eigenvalue weighted by atomic mass is 16.5. The van der Waals surface area contributed by atoms with Crippen LogP contribution in [0.5, 0.6) is 5.75 Å². The number of phenolic OH excluding ortho intramolecular Hbond substituents is 1. The van der Waals surface area contributed by atoms with Gasteiger partial charge in [0.1, 0.15) is 5.75 Å². The van der Waals surface area contributed by atoms with E-state index in [4.69, 9.17) is 10.5 Å². The van der Waals surface area contributed by atoms with Crippen LogP contribution >= 0.6 is 0 Å². The second-order valence-electron chi connectivity index (χ2n) is 10.5. The Balaban J connectivity index is 1.65. The lowest BCUT2D eigenvalue weighted by molar-refractivity contribution is -0.181. The number of carbonyl (C=O) groups is 6. The standard InChI is InChI=1S/C26H27N5O9/c1-4-40-25(38)14-9-28-29-31(14)13-5-6-15(32)17-11(13)7-10-8-12-19(30(2)3)21(34)18(24(27)37)23(36)26(12,39)22(35)16(10)20(17)33/h5-6,9-10,12,16,18-19,32,39H,4,7-8H2,1-3H3,(H2,27,37)/t10-,12-,16?,18?,19+,26-/m1/s1. The Hall–Kier alpha value is -4.30. The molecule has 4 N–H and O–H groups in total. The van der Waals surface area contributed by atoms with Gasteiger partial charge >= 0.3 is 5.97 Å². The van der Waals surface area contributed by atoms with Gasteiger partial charge in [0.2, 0.25) is 5.91 Å². The maximum absolute atomic E-state index is 13.9. The smallest absolute Gasteiger partial charge is 0.358 e. The van der Waals surface area contributed by atoms with Crippen LogP contribution in [-0.2, 0) is 30.3 Å². The number of aromatic nitrogens is 3. The number of carbonyl (C=O) groups excluding carboxylic acids is 6. The molecule has 2 fully saturated rings. The largest absolute Gasteiger partial charge is 0.507 e. The predicted octanol–water partition coefficient (Wildman–Crippen LogP) is -1.38. The maximum Gasteiger partial charge on any atom is 0.358 e. The molecule has 1 aromatic heterocycles. The summed E-state index contributed by atoms with van der Waals surface area (Å²) in [5.74, 6) is -12.3. The zero-order chi connectivity index (χ0) is 29.3. The van der Waals surface area contributed by atoms with E-state index in [1.807, 2.05) is 0 Å². The zero-order valence-electron chi connectivity index (χ0n) is 21.9. The van der Waals surface area contributed by atoms with Crippen molar-refractivity contribution in [3.8, 4) is 11.4 Å². The van der Waals surface area contributed by atoms with Crippen LogP contribution in [0.1, 0.15) is 39.8 Å². The first kappa shape index (κ1) is 27.3. The molecule has 5 rings (SSSR count). The number of Topliss-reactive ketones (excluding diaryl/α,β-unsaturated/α-hetero) is 4. The van der Waals surface area contributed by atoms with Crippen LogP contribution < -0.4 is 5.73 Å². The van der Waals surface area contributed by atoms with E-state index in [0.717, 1.165) is 0 Å². The van der Waals surface area contributed by atoms with Crippen molar-refractivity contribution in [2.24, 2.45) is 29.4 Å². The Bertz CT molecular complexity index is 1500. The fourth-order valence-corrected chi connectivity index (χ4v) is 6.54. The number of ketones is 4. The lowest BCUT2D eigenvalue weighted by atomic mass is 9.52. The van der Waals surface area contributed by atoms with Gasteiger partial charge in [0.15, 0.2) is 40.3 Å². The van der Waals surface area contributed by atoms with Crippen LogP contribution in [0.2, 0.25) is 0 Å². The first-order valence-electron chi connectivity index (χ1n) is 12.6. The quantitative estimate of drug-likeness (QED) is 0.289. The number of primary amides is 1. The molecule has 210 valence electrons. The molecule has 2 unspecified atom stereocenters. The highest BCUT2D eigenvalue weighted by molar-refractivity contribution is 6.32. The number of nitrogens with two attached hydrogens (primary N) is 1. The summed E-state index contributed by atoms with van der Waals surface area (Å²) in [6.45, 7) is 1.72. The SMILES string of the molecule is CCOC(=O)c1cnnn1-c1ccc(O)c2c1C[C@@H]1C[C@@H]3[C@H](N(C)C)C(=O)C(C(N)=O)C(=O)[C@]3(O)C(=O)C1C2=O. The molecule has 0 bridgehead atoms. The van der Waals surface area contributed by atoms with Crippen molar-refractivity contribution in [3.63, 3.8) is 0 Å². The Labute approximate surface area is 227 Å². The van der Waals surface area contributed by atoms with Crippen molar-refractivity contribution in [2.75, 3.05) is 20.7 Å². The number of hydrogen-bond acceptors (Lipinski definition) is 12. The summed E-state index contributed by atoms with van der Waals surface area (Å²) in [7, 11) is 3.01. The summed E-state index contributed by atoms with van der Waals surface area (Å²) in [5, 5.41) is 30.1. The predicted molar refractivity (Wildman–Crippen MR) is 132 cm³/mol. The van der Waals surface area contributed by atoms with Gasteiger partial charge in [0.25, 0.3) is 0 Å². The molecule has 0 saturated heterocycles. The molecular weight excluding hydrogens is 526 g/mol. The summed E-state index contributed by atoms with van der Waals surface area (Å²) in [6, 6.07) is 1.42. The minimum absolute atomic E-state index is 0.00229. The average Bonchev–Trinajstić information content (AvgIpc) is 3.36. The number of nitrogens with zero attached hydrogens (tertiary/aromatic N) is 4. The Kier molecular flexibility index (Phi) is 6.42. The van der Waals surface area contributed by atoms with Crippen LogP contribution in [-0.4, -0.2) is 97.5 Å². The molecule has 3 aliphatic carbocycles. The Morgan fingerprint density at radius 1 is 1.20 bits per heavy atom. The number of ether oxygens (including phenoxy) is 1. The van der Waals surface area contributed by atoms with E-state index < -0.39 is 76.1 Å². The van der Waals surface area contributed by atoms with E-state index in [9.17, 15) is 39.0 Å². The van der Waals surface area contributed by atoms with Gasteiger partial charge in [-0.15, -0.1) is 5.10 Å². The normalized spacial score (nSPS) is 29.6. The highest BCUT2D eigenvalue weighted by Gasteiger charge is 2.69. The lowest BCUT2D eigenvalue weighted by Crippen LogP contribution is -2.74. The van der Waals surface area contributed by atoms with Gasteiger partial charge in [-0.05, 0) is 57.5 Å². The van der Waals surface area contributed by atoms with Crippen molar-refractivity contribution in [3.05, 3.63) is 35.2 Å². The second kappa shape index (κ2) is 9.41. The third-order valence-corrected chi connectivity index (χ3v) is 8.18. The molecule has 14 heteroatoms. The zero-order valence-corrected chi connectivity index (χ0v) is 21.9. The second-order valence-corrected chi connectivity index (χ2v) is 10.5. The molecule has 14 nitrogen and oxygen atoms in total. The van der Waals surface area contributed by atoms with E-state index in [-0.39, 0.29) is 42.0 Å². The lowest BCUT2D eigenvalue weighted by Gasteiger charge is -2.52. The first-order valence-corrected chi connectivity index (χ1v) is 12.6. The summed E-state index contributed by atoms with van der Waals surface area (Å²) in [5.41, 5.74) is 2.76. The maximum atomic E-state index is 13.9. The van der Waals surface area contributed by atoms with Crippen molar-refractivity contribution >= 4 is 35.0 Å². The van der Waals surface area contributed by atoms with Crippen LogP contribution in [0.25, 0.3) is 5.69 Å². The first-order chi connectivity index (χ1) is 18.9. The molecule has 2 saturated carbocycles. The summed E-state index contributed by atoms with van der Waals surface area (Å²) in [6.07, 6.45) is 1.07. The molecule has 3 aliphatic rings. The topological polar surface area (TPSA) is 212 Å². The molecule has 1 amide bonds. The van der Waals surface area contributed by atoms with Crippen molar-refractivity contribution in [2.45, 2.75) is 31.4 Å². The fraction of sp³-hybridized carbons (Fsp3) is 0.462. The molecule has 1 heterocycles. The van der Waals surface area contributed by atoms with Gasteiger partial charge in [-0.2, -0.15) is 0 Å². The molecule has 40 heavy (non-hydrogen) atoms. The number of esters is 1. The van der Waals surface area contributed by atoms with Crippen molar-refractivity contribution in [1.29, 1.82) is 0 Å². The summed E-state index contributed by atoms with van der Waals surface area (Å²) < 4.78 is 6.22. The van der Waals surface area contributed by atoms with Crippen LogP contribution in [0, 0.1) is 23.7 Å². The minimum atomic E-state index is -2.81. The van der Waals surface area contributed by atoms with Crippen LogP contribution in [0.15, 0.2) is 18.3 Å². The molecular formula is C26H27N5O9. The van der Waals surface area contributed by atoms with Crippen molar-refractivity contribution < 1.29 is 43.7 Å². The Morgan fingerprint density at radius 2 is 1.90 bits per heavy atom. The van der Waals surface area contributed by atoms with E-state index in [1.165, 1.54) is 42.0 Å². The third-order valence-electron chi connectivity index (χ3n) is 8.18. The van der Waals surface area contributed by atoms with E-state index in [2.05, 4.69) is 10.3 Å². The molecule has 6 atom stereocenters. The third kappa shape index (κ3) is 3.63.